The number of nitro groups is 1. The zero-order valence-corrected chi connectivity index (χ0v) is 21.3. The van der Waals surface area contributed by atoms with Gasteiger partial charge in [0.2, 0.25) is 11.8 Å². The third kappa shape index (κ3) is 5.54. The molecule has 0 aliphatic carbocycles. The summed E-state index contributed by atoms with van der Waals surface area (Å²) in [5.41, 5.74) is -0.620. The van der Waals surface area contributed by atoms with Crippen molar-refractivity contribution in [1.82, 2.24) is 10.2 Å². The summed E-state index contributed by atoms with van der Waals surface area (Å²) in [5, 5.41) is 28.0. The topological polar surface area (TPSA) is 160 Å². The number of aliphatic hydroxyl groups is 1. The number of carbonyl (C=O) groups is 3. The van der Waals surface area contributed by atoms with Gasteiger partial charge in [-0.1, -0.05) is 30.3 Å². The fourth-order valence-electron chi connectivity index (χ4n) is 4.74. The van der Waals surface area contributed by atoms with E-state index in [1.165, 1.54) is 17.9 Å². The summed E-state index contributed by atoms with van der Waals surface area (Å²) in [7, 11) is 0. The number of nitrogens with zero attached hydrogens (tertiary/aromatic N) is 2. The number of benzene rings is 2. The van der Waals surface area contributed by atoms with Gasteiger partial charge >= 0.3 is 6.09 Å². The average Bonchev–Trinajstić information content (AvgIpc) is 3.36. The van der Waals surface area contributed by atoms with Gasteiger partial charge in [-0.15, -0.1) is 0 Å². The van der Waals surface area contributed by atoms with Gasteiger partial charge in [0.1, 0.15) is 35.8 Å². The molecule has 12 heteroatoms. The Morgan fingerprint density at radius 3 is 2.61 bits per heavy atom. The first-order valence-corrected chi connectivity index (χ1v) is 12.2. The maximum absolute atomic E-state index is 13.4. The number of carbonyl (C=O) groups excluding carboxylic acids is 3. The predicted octanol–water partition coefficient (Wildman–Crippen LogP) is 3.04. The summed E-state index contributed by atoms with van der Waals surface area (Å²) in [5.74, 6) is -0.940. The first-order chi connectivity index (χ1) is 18.0. The maximum Gasteiger partial charge on any atom is 0.410 e. The molecule has 3 amide bonds. The van der Waals surface area contributed by atoms with Gasteiger partial charge in [0.25, 0.3) is 5.69 Å². The summed E-state index contributed by atoms with van der Waals surface area (Å²) in [6.07, 6.45) is -0.872. The molecule has 3 atom stereocenters. The van der Waals surface area contributed by atoms with Crippen LogP contribution in [-0.2, 0) is 20.9 Å². The smallest absolute Gasteiger partial charge is 0.410 e. The molecular formula is C26H30N4O8. The predicted molar refractivity (Wildman–Crippen MR) is 135 cm³/mol. The largest absolute Gasteiger partial charge is 0.484 e. The summed E-state index contributed by atoms with van der Waals surface area (Å²) in [6, 6.07) is 9.80. The highest BCUT2D eigenvalue weighted by molar-refractivity contribution is 5.92. The molecule has 1 saturated heterocycles. The summed E-state index contributed by atoms with van der Waals surface area (Å²) >= 11 is 0. The number of nitro benzene ring substituents is 1. The van der Waals surface area contributed by atoms with Crippen LogP contribution >= 0.6 is 0 Å². The van der Waals surface area contributed by atoms with Crippen LogP contribution in [0, 0.1) is 10.1 Å². The van der Waals surface area contributed by atoms with Gasteiger partial charge in [-0.2, -0.15) is 0 Å². The van der Waals surface area contributed by atoms with Gasteiger partial charge in [0.15, 0.2) is 0 Å². The molecule has 0 unspecified atom stereocenters. The Hall–Kier alpha value is -4.19. The molecule has 3 N–H and O–H groups in total. The van der Waals surface area contributed by atoms with E-state index in [9.17, 15) is 29.6 Å². The fraction of sp³-hybridized carbons (Fsp3) is 0.423. The van der Waals surface area contributed by atoms with Crippen LogP contribution in [0.15, 0.2) is 42.5 Å². The minimum atomic E-state index is -1.24. The lowest BCUT2D eigenvalue weighted by atomic mass is 9.86. The Morgan fingerprint density at radius 1 is 1.24 bits per heavy atom. The highest BCUT2D eigenvalue weighted by atomic mass is 16.6. The number of rotatable bonds is 6. The minimum absolute atomic E-state index is 0.0649. The monoisotopic (exact) mass is 526 g/mol. The zero-order chi connectivity index (χ0) is 27.6. The van der Waals surface area contributed by atoms with Crippen molar-refractivity contribution in [3.05, 3.63) is 63.7 Å². The van der Waals surface area contributed by atoms with E-state index in [1.54, 1.807) is 13.8 Å². The van der Waals surface area contributed by atoms with Gasteiger partial charge in [-0.3, -0.25) is 24.6 Å². The second-order valence-corrected chi connectivity index (χ2v) is 9.87. The Morgan fingerprint density at radius 2 is 1.95 bits per heavy atom. The standard InChI is InChI=1S/C26H30N4O8/c1-15(31)27-18-12-17-21(13-20(18)30(35)36)38-26(2,3)23(32)22(17)28-24(33)19-10-7-11-29(19)25(34)37-14-16-8-5-4-6-9-16/h4-6,8-9,12-13,19,22-23,32H,7,10-11,14H2,1-3H3,(H,27,31)(H,28,33)/t19-,22+,23-/m0/s1. The lowest BCUT2D eigenvalue weighted by Crippen LogP contribution is -2.56. The van der Waals surface area contributed by atoms with Gasteiger partial charge in [-0.05, 0) is 38.3 Å². The molecule has 0 saturated carbocycles. The molecule has 2 aliphatic heterocycles. The van der Waals surface area contributed by atoms with E-state index in [1.807, 2.05) is 30.3 Å². The molecule has 12 nitrogen and oxygen atoms in total. The van der Waals surface area contributed by atoms with Gasteiger partial charge in [0, 0.05) is 19.0 Å². The van der Waals surface area contributed by atoms with E-state index >= 15 is 0 Å². The van der Waals surface area contributed by atoms with E-state index in [0.717, 1.165) is 11.6 Å². The number of anilines is 1. The van der Waals surface area contributed by atoms with Crippen molar-refractivity contribution in [3.8, 4) is 5.75 Å². The Kier molecular flexibility index (Phi) is 7.53. The van der Waals surface area contributed by atoms with E-state index in [0.29, 0.717) is 19.4 Å². The van der Waals surface area contributed by atoms with Crippen molar-refractivity contribution in [2.24, 2.45) is 0 Å². The van der Waals surface area contributed by atoms with Crippen molar-refractivity contribution in [2.45, 2.75) is 64.0 Å². The van der Waals surface area contributed by atoms with Crippen LogP contribution < -0.4 is 15.4 Å². The number of fused-ring (bicyclic) bond motifs is 1. The lowest BCUT2D eigenvalue weighted by Gasteiger charge is -2.42. The van der Waals surface area contributed by atoms with Crippen LogP contribution in [0.4, 0.5) is 16.2 Å². The van der Waals surface area contributed by atoms with Crippen LogP contribution in [0.5, 0.6) is 5.75 Å². The second-order valence-electron chi connectivity index (χ2n) is 9.87. The summed E-state index contributed by atoms with van der Waals surface area (Å²) in [6.45, 7) is 4.80. The number of likely N-dealkylation sites (tertiary alicyclic amines) is 1. The van der Waals surface area contributed by atoms with E-state index in [-0.39, 0.29) is 29.3 Å². The Labute approximate surface area is 219 Å². The fourth-order valence-corrected chi connectivity index (χ4v) is 4.74. The molecule has 2 aliphatic rings. The molecule has 38 heavy (non-hydrogen) atoms. The molecule has 0 bridgehead atoms. The van der Waals surface area contributed by atoms with Crippen molar-refractivity contribution in [2.75, 3.05) is 11.9 Å². The number of hydrogen-bond donors (Lipinski definition) is 3. The van der Waals surface area contributed by atoms with Crippen LogP contribution in [0.25, 0.3) is 0 Å². The van der Waals surface area contributed by atoms with Gasteiger partial charge in [0.05, 0.1) is 17.0 Å². The number of aliphatic hydroxyl groups excluding tert-OH is 1. The van der Waals surface area contributed by atoms with Gasteiger partial charge in [-0.25, -0.2) is 4.79 Å². The molecule has 2 heterocycles. The SMILES string of the molecule is CC(=O)Nc1cc2c(cc1[N+](=O)[O-])OC(C)(C)[C@@H](O)[C@@H]2NC(=O)[C@@H]1CCCN1C(=O)OCc1ccccc1. The number of hydrogen-bond acceptors (Lipinski definition) is 8. The molecule has 2 aromatic carbocycles. The molecule has 2 aromatic rings. The third-order valence-electron chi connectivity index (χ3n) is 6.66. The van der Waals surface area contributed by atoms with E-state index in [2.05, 4.69) is 10.6 Å². The summed E-state index contributed by atoms with van der Waals surface area (Å²) < 4.78 is 11.3. The van der Waals surface area contributed by atoms with Crippen LogP contribution in [0.2, 0.25) is 0 Å². The molecule has 1 fully saturated rings. The molecule has 4 rings (SSSR count). The van der Waals surface area contributed by atoms with Crippen LogP contribution in [0.3, 0.4) is 0 Å². The quantitative estimate of drug-likeness (QED) is 0.382. The van der Waals surface area contributed by atoms with Gasteiger partial charge < -0.3 is 25.2 Å². The molecular weight excluding hydrogens is 496 g/mol. The molecule has 0 spiro atoms. The van der Waals surface area contributed by atoms with E-state index in [4.69, 9.17) is 9.47 Å². The van der Waals surface area contributed by atoms with Crippen LogP contribution in [0.1, 0.15) is 50.8 Å². The van der Waals surface area contributed by atoms with Crippen molar-refractivity contribution in [1.29, 1.82) is 0 Å². The lowest BCUT2D eigenvalue weighted by molar-refractivity contribution is -0.384. The van der Waals surface area contributed by atoms with Crippen molar-refractivity contribution >= 4 is 29.3 Å². The first-order valence-electron chi connectivity index (χ1n) is 12.2. The highest BCUT2D eigenvalue weighted by Crippen LogP contribution is 2.44. The van der Waals surface area contributed by atoms with Crippen molar-refractivity contribution < 1.29 is 33.9 Å². The normalized spacial score (nSPS) is 21.6. The molecule has 202 valence electrons. The number of nitrogens with one attached hydrogen (secondary N) is 2. The second kappa shape index (κ2) is 10.7. The maximum atomic E-state index is 13.4. The Balaban J connectivity index is 1.57. The zero-order valence-electron chi connectivity index (χ0n) is 21.3. The average molecular weight is 527 g/mol. The van der Waals surface area contributed by atoms with E-state index < -0.39 is 46.6 Å². The third-order valence-corrected chi connectivity index (χ3v) is 6.66. The van der Waals surface area contributed by atoms with Crippen LogP contribution in [-0.4, -0.2) is 57.1 Å². The highest BCUT2D eigenvalue weighted by Gasteiger charge is 2.46. The molecule has 0 radical (unpaired) electrons. The summed E-state index contributed by atoms with van der Waals surface area (Å²) in [4.78, 5) is 50.2. The Bertz CT molecular complexity index is 1250. The van der Waals surface area contributed by atoms with Crippen molar-refractivity contribution in [3.63, 3.8) is 0 Å². The number of ether oxygens (including phenoxy) is 2. The first kappa shape index (κ1) is 26.9. The minimum Gasteiger partial charge on any atom is -0.484 e. The number of amides is 3. The molecule has 0 aromatic heterocycles.